The van der Waals surface area contributed by atoms with Crippen molar-refractivity contribution >= 4 is 22.7 Å². The fraction of sp³-hybridized carbons (Fsp3) is 0.524. The van der Waals surface area contributed by atoms with Crippen LogP contribution in [-0.4, -0.2) is 37.2 Å². The van der Waals surface area contributed by atoms with Crippen molar-refractivity contribution in [2.45, 2.75) is 45.7 Å². The van der Waals surface area contributed by atoms with Crippen molar-refractivity contribution in [2.75, 3.05) is 36.9 Å². The number of hydrogen-bond donors (Lipinski definition) is 2. The van der Waals surface area contributed by atoms with Crippen molar-refractivity contribution in [3.05, 3.63) is 48.9 Å². The Morgan fingerprint density at radius 2 is 1.89 bits per heavy atom. The molecule has 1 aliphatic rings. The van der Waals surface area contributed by atoms with Crippen molar-refractivity contribution in [3.8, 4) is 5.75 Å². The van der Waals surface area contributed by atoms with Crippen LogP contribution in [0.25, 0.3) is 0 Å². The van der Waals surface area contributed by atoms with E-state index in [1.165, 1.54) is 37.2 Å². The first kappa shape index (κ1) is 20.6. The number of piperidine rings is 1. The van der Waals surface area contributed by atoms with Crippen molar-refractivity contribution in [1.29, 1.82) is 0 Å². The second-order valence-electron chi connectivity index (χ2n) is 7.46. The highest BCUT2D eigenvalue weighted by Gasteiger charge is 2.20. The molecule has 1 aromatic heterocycles. The molecule has 2 N–H and O–H groups in total. The molecule has 1 aromatic carbocycles. The van der Waals surface area contributed by atoms with E-state index in [9.17, 15) is 9.59 Å². The average Bonchev–Trinajstić information content (AvgIpc) is 3.13. The van der Waals surface area contributed by atoms with Gasteiger partial charge in [0.25, 0.3) is 10.9 Å². The van der Waals surface area contributed by atoms with Gasteiger partial charge in [-0.15, -0.1) is 11.3 Å². The molecule has 3 rings (SSSR count). The maximum Gasteiger partial charge on any atom is 0.253 e. The molecule has 6 nitrogen and oxygen atoms in total. The fourth-order valence-electron chi connectivity index (χ4n) is 3.30. The molecule has 152 valence electrons. The van der Waals surface area contributed by atoms with Crippen molar-refractivity contribution in [2.24, 2.45) is 0 Å². The van der Waals surface area contributed by atoms with E-state index in [1.807, 2.05) is 26.0 Å². The number of nitrogens with zero attached hydrogens (tertiary/aromatic N) is 1. The molecule has 1 fully saturated rings. The lowest BCUT2D eigenvalue weighted by Gasteiger charge is -2.25. The van der Waals surface area contributed by atoms with E-state index in [0.717, 1.165) is 12.3 Å². The van der Waals surface area contributed by atoms with E-state index >= 15 is 0 Å². The molecule has 28 heavy (non-hydrogen) atoms. The number of nitrogens with one attached hydrogen (secondary N) is 2. The van der Waals surface area contributed by atoms with Gasteiger partial charge in [0.2, 0.25) is 0 Å². The molecule has 0 radical (unpaired) electrons. The molecular weight excluding hydrogens is 374 g/mol. The number of rotatable bonds is 10. The van der Waals surface area contributed by atoms with Gasteiger partial charge in [0.15, 0.2) is 0 Å². The summed E-state index contributed by atoms with van der Waals surface area (Å²) in [6.07, 6.45) is 7.78. The zero-order chi connectivity index (χ0) is 19.9. The van der Waals surface area contributed by atoms with Crippen LogP contribution >= 0.6 is 11.3 Å². The number of likely N-dealkylation sites (tertiary alicyclic amines) is 1. The van der Waals surface area contributed by atoms with Crippen LogP contribution in [0, 0.1) is 0 Å². The molecule has 0 atom stereocenters. The Bertz CT molecular complexity index is 859. The second-order valence-corrected chi connectivity index (χ2v) is 8.45. The topological polar surface area (TPSA) is 70.7 Å². The van der Waals surface area contributed by atoms with E-state index in [-0.39, 0.29) is 6.04 Å². The highest BCUT2D eigenvalue weighted by atomic mass is 32.1. The lowest BCUT2D eigenvalue weighted by molar-refractivity contribution is 0.222. The third-order valence-electron chi connectivity index (χ3n) is 4.71. The number of anilines is 2. The summed E-state index contributed by atoms with van der Waals surface area (Å²) in [4.78, 5) is 27.1. The maximum absolute atomic E-state index is 11.6. The van der Waals surface area contributed by atoms with Crippen LogP contribution < -0.4 is 26.2 Å². The number of ether oxygens (including phenoxy) is 1. The summed E-state index contributed by atoms with van der Waals surface area (Å²) in [6.45, 7) is 8.23. The fourth-order valence-corrected chi connectivity index (χ4v) is 4.15. The third-order valence-corrected chi connectivity index (χ3v) is 5.61. The van der Waals surface area contributed by atoms with Crippen molar-refractivity contribution in [1.82, 2.24) is 4.90 Å². The molecule has 0 amide bonds. The van der Waals surface area contributed by atoms with Crippen molar-refractivity contribution in [3.63, 3.8) is 0 Å². The lowest BCUT2D eigenvalue weighted by Crippen LogP contribution is -2.38. The first-order valence-electron chi connectivity index (χ1n) is 9.96. The van der Waals surface area contributed by atoms with Gasteiger partial charge in [-0.25, -0.2) is 0 Å². The van der Waals surface area contributed by atoms with Crippen molar-refractivity contribution < 1.29 is 4.74 Å². The van der Waals surface area contributed by atoms with Crippen LogP contribution in [-0.2, 0) is 6.54 Å². The Morgan fingerprint density at radius 3 is 2.64 bits per heavy atom. The zero-order valence-corrected chi connectivity index (χ0v) is 17.4. The molecule has 0 unspecified atom stereocenters. The second kappa shape index (κ2) is 9.89. The SMILES string of the molecule is CC(C)Nc1c(NC/C=C\COc2csc(CN3CCCCC3)c2)c(=O)c1=O. The molecular formula is C21H29N3O3S. The first-order chi connectivity index (χ1) is 13.5. The van der Waals surface area contributed by atoms with E-state index < -0.39 is 10.9 Å². The van der Waals surface area contributed by atoms with Crippen LogP contribution in [0.5, 0.6) is 5.75 Å². The molecule has 0 saturated carbocycles. The summed E-state index contributed by atoms with van der Waals surface area (Å²) in [7, 11) is 0. The predicted octanol–water partition coefficient (Wildman–Crippen LogP) is 3.20. The molecule has 7 heteroatoms. The van der Waals surface area contributed by atoms with Gasteiger partial charge in [-0.05, 0) is 51.9 Å². The van der Waals surface area contributed by atoms with E-state index in [1.54, 1.807) is 11.3 Å². The Kier molecular flexibility index (Phi) is 7.28. The largest absolute Gasteiger partial charge is 0.489 e. The summed E-state index contributed by atoms with van der Waals surface area (Å²) in [5.41, 5.74) is -0.123. The Hall–Kier alpha value is -2.12. The quantitative estimate of drug-likeness (QED) is 0.469. The Labute approximate surface area is 169 Å². The van der Waals surface area contributed by atoms with Gasteiger partial charge in [0.1, 0.15) is 23.7 Å². The van der Waals surface area contributed by atoms with Crippen LogP contribution in [0.1, 0.15) is 38.0 Å². The molecule has 2 heterocycles. The zero-order valence-electron chi connectivity index (χ0n) is 16.6. The minimum atomic E-state index is -0.452. The summed E-state index contributed by atoms with van der Waals surface area (Å²) in [5, 5.41) is 8.07. The predicted molar refractivity (Wildman–Crippen MR) is 117 cm³/mol. The number of thiophene rings is 1. The summed E-state index contributed by atoms with van der Waals surface area (Å²) >= 11 is 1.75. The first-order valence-corrected chi connectivity index (χ1v) is 10.8. The highest BCUT2D eigenvalue weighted by molar-refractivity contribution is 7.10. The van der Waals surface area contributed by atoms with E-state index in [0.29, 0.717) is 24.5 Å². The molecule has 2 aromatic rings. The minimum absolute atomic E-state index is 0.109. The van der Waals surface area contributed by atoms with Crippen LogP contribution in [0.4, 0.5) is 11.4 Å². The number of hydrogen-bond acceptors (Lipinski definition) is 7. The van der Waals surface area contributed by atoms with E-state index in [4.69, 9.17) is 4.74 Å². The molecule has 0 aliphatic carbocycles. The van der Waals surface area contributed by atoms with Gasteiger partial charge >= 0.3 is 0 Å². The minimum Gasteiger partial charge on any atom is -0.489 e. The van der Waals surface area contributed by atoms with Crippen LogP contribution in [0.3, 0.4) is 0 Å². The lowest BCUT2D eigenvalue weighted by atomic mass is 10.1. The Morgan fingerprint density at radius 1 is 1.14 bits per heavy atom. The Balaban J connectivity index is 1.38. The van der Waals surface area contributed by atoms with Crippen LogP contribution in [0.2, 0.25) is 0 Å². The molecule has 1 saturated heterocycles. The van der Waals surface area contributed by atoms with Gasteiger partial charge in [-0.1, -0.05) is 12.5 Å². The van der Waals surface area contributed by atoms with Gasteiger partial charge in [-0.2, -0.15) is 0 Å². The monoisotopic (exact) mass is 403 g/mol. The van der Waals surface area contributed by atoms with E-state index in [2.05, 4.69) is 27.0 Å². The maximum atomic E-state index is 11.6. The summed E-state index contributed by atoms with van der Waals surface area (Å²) in [5.74, 6) is 0.903. The average molecular weight is 404 g/mol. The van der Waals surface area contributed by atoms with Gasteiger partial charge in [0, 0.05) is 29.4 Å². The smallest absolute Gasteiger partial charge is 0.253 e. The van der Waals surface area contributed by atoms with Crippen LogP contribution in [0.15, 0.2) is 33.2 Å². The molecule has 1 aliphatic heterocycles. The standard InChI is InChI=1S/C21H29N3O3S/c1-15(2)23-19-18(20(25)21(19)26)22-8-4-7-11-27-16-12-17(28-14-16)13-24-9-5-3-6-10-24/h4,7,12,14-15,22-23H,3,5-6,8-11,13H2,1-2H3/b7-4-. The normalized spacial score (nSPS) is 15.5. The van der Waals surface area contributed by atoms with Gasteiger partial charge in [-0.3, -0.25) is 14.5 Å². The molecule has 0 bridgehead atoms. The van der Waals surface area contributed by atoms with Gasteiger partial charge < -0.3 is 15.4 Å². The highest BCUT2D eigenvalue weighted by Crippen LogP contribution is 2.24. The summed E-state index contributed by atoms with van der Waals surface area (Å²) < 4.78 is 5.77. The third kappa shape index (κ3) is 5.45. The summed E-state index contributed by atoms with van der Waals surface area (Å²) in [6, 6.07) is 2.23. The molecule has 0 spiro atoms. The van der Waals surface area contributed by atoms with Gasteiger partial charge in [0.05, 0.1) is 0 Å².